The SMILES string of the molecule is Cl.O=C(O)c1ncc(C(F)(F)F)cc1Cl. The fraction of sp³-hybridized carbons (Fsp3) is 0.143. The number of aromatic carboxylic acids is 1. The Hall–Kier alpha value is -1.01. The first-order valence-corrected chi connectivity index (χ1v) is 3.66. The number of carboxylic acid groups (broad SMARTS) is 1. The molecule has 0 aliphatic heterocycles. The van der Waals surface area contributed by atoms with Crippen LogP contribution < -0.4 is 0 Å². The summed E-state index contributed by atoms with van der Waals surface area (Å²) in [6.45, 7) is 0. The zero-order chi connectivity index (χ0) is 10.9. The van der Waals surface area contributed by atoms with Crippen LogP contribution in [0.5, 0.6) is 0 Å². The molecule has 0 spiro atoms. The van der Waals surface area contributed by atoms with Gasteiger partial charge in [-0.2, -0.15) is 13.2 Å². The molecule has 0 aliphatic rings. The Morgan fingerprint density at radius 3 is 2.33 bits per heavy atom. The molecule has 1 aromatic rings. The third-order valence-electron chi connectivity index (χ3n) is 1.37. The molecule has 8 heteroatoms. The van der Waals surface area contributed by atoms with Gasteiger partial charge in [-0.15, -0.1) is 12.4 Å². The van der Waals surface area contributed by atoms with Crippen LogP contribution in [0.25, 0.3) is 0 Å². The van der Waals surface area contributed by atoms with Crippen LogP contribution in [0.15, 0.2) is 12.3 Å². The number of hydrogen-bond donors (Lipinski definition) is 1. The molecule has 0 atom stereocenters. The highest BCUT2D eigenvalue weighted by atomic mass is 35.5. The Labute approximate surface area is 93.3 Å². The van der Waals surface area contributed by atoms with E-state index in [9.17, 15) is 18.0 Å². The van der Waals surface area contributed by atoms with Crippen LogP contribution >= 0.6 is 24.0 Å². The zero-order valence-corrected chi connectivity index (χ0v) is 8.45. The lowest BCUT2D eigenvalue weighted by Gasteiger charge is -2.06. The maximum atomic E-state index is 12.1. The van der Waals surface area contributed by atoms with Crippen molar-refractivity contribution in [3.05, 3.63) is 28.5 Å². The highest BCUT2D eigenvalue weighted by Crippen LogP contribution is 2.30. The van der Waals surface area contributed by atoms with E-state index in [0.717, 1.165) is 0 Å². The predicted octanol–water partition coefficient (Wildman–Crippen LogP) is 2.87. The standard InChI is InChI=1S/C7H3ClF3NO2.ClH/c8-4-1-3(7(9,10)11)2-12-5(4)6(13)14;/h1-2H,(H,13,14);1H. The third kappa shape index (κ3) is 3.24. The molecule has 1 heterocycles. The molecule has 1 aromatic heterocycles. The molecule has 0 radical (unpaired) electrons. The van der Waals surface area contributed by atoms with Crippen molar-refractivity contribution in [1.29, 1.82) is 0 Å². The van der Waals surface area contributed by atoms with Gasteiger partial charge in [0.05, 0.1) is 10.6 Å². The Morgan fingerprint density at radius 2 is 2.00 bits per heavy atom. The van der Waals surface area contributed by atoms with Crippen LogP contribution in [0.4, 0.5) is 13.2 Å². The van der Waals surface area contributed by atoms with Crippen LogP contribution in [0.3, 0.4) is 0 Å². The van der Waals surface area contributed by atoms with Gasteiger partial charge in [0, 0.05) is 6.20 Å². The quantitative estimate of drug-likeness (QED) is 0.846. The number of aromatic nitrogens is 1. The zero-order valence-electron chi connectivity index (χ0n) is 6.88. The van der Waals surface area contributed by atoms with E-state index in [1.807, 2.05) is 0 Å². The molecule has 84 valence electrons. The number of carbonyl (C=O) groups is 1. The lowest BCUT2D eigenvalue weighted by atomic mass is 10.2. The van der Waals surface area contributed by atoms with Crippen molar-refractivity contribution < 1.29 is 23.1 Å². The first kappa shape index (κ1) is 14.0. The number of halogens is 5. The molecule has 0 saturated heterocycles. The lowest BCUT2D eigenvalue weighted by Crippen LogP contribution is -2.08. The Morgan fingerprint density at radius 1 is 1.47 bits per heavy atom. The number of alkyl halides is 3. The monoisotopic (exact) mass is 261 g/mol. The molecule has 1 rings (SSSR count). The summed E-state index contributed by atoms with van der Waals surface area (Å²) in [7, 11) is 0. The lowest BCUT2D eigenvalue weighted by molar-refractivity contribution is -0.137. The summed E-state index contributed by atoms with van der Waals surface area (Å²) in [4.78, 5) is 13.4. The van der Waals surface area contributed by atoms with Gasteiger partial charge in [0.2, 0.25) is 0 Å². The maximum absolute atomic E-state index is 12.1. The van der Waals surface area contributed by atoms with Gasteiger partial charge in [0.15, 0.2) is 5.69 Å². The summed E-state index contributed by atoms with van der Waals surface area (Å²) in [5.74, 6) is -1.47. The van der Waals surface area contributed by atoms with E-state index in [4.69, 9.17) is 16.7 Å². The van der Waals surface area contributed by atoms with Crippen molar-refractivity contribution in [2.24, 2.45) is 0 Å². The topological polar surface area (TPSA) is 50.2 Å². The van der Waals surface area contributed by atoms with Crippen LogP contribution in [0, 0.1) is 0 Å². The van der Waals surface area contributed by atoms with E-state index >= 15 is 0 Å². The summed E-state index contributed by atoms with van der Waals surface area (Å²) in [5, 5.41) is 7.90. The van der Waals surface area contributed by atoms with Crippen molar-refractivity contribution in [3.8, 4) is 0 Å². The van der Waals surface area contributed by atoms with E-state index in [-0.39, 0.29) is 12.4 Å². The second-order valence-electron chi connectivity index (χ2n) is 2.36. The average Bonchev–Trinajstić information content (AvgIpc) is 2.01. The van der Waals surface area contributed by atoms with E-state index in [2.05, 4.69) is 4.98 Å². The summed E-state index contributed by atoms with van der Waals surface area (Å²) in [6.07, 6.45) is -4.15. The molecule has 0 bridgehead atoms. The van der Waals surface area contributed by atoms with E-state index in [1.54, 1.807) is 0 Å². The second-order valence-corrected chi connectivity index (χ2v) is 2.76. The largest absolute Gasteiger partial charge is 0.476 e. The molecule has 15 heavy (non-hydrogen) atoms. The van der Waals surface area contributed by atoms with Crippen LogP contribution in [-0.2, 0) is 6.18 Å². The van der Waals surface area contributed by atoms with Gasteiger partial charge in [-0.3, -0.25) is 0 Å². The summed E-state index contributed by atoms with van der Waals surface area (Å²) < 4.78 is 36.2. The van der Waals surface area contributed by atoms with E-state index in [1.165, 1.54) is 0 Å². The average molecular weight is 262 g/mol. The first-order chi connectivity index (χ1) is 6.32. The van der Waals surface area contributed by atoms with Gasteiger partial charge < -0.3 is 5.11 Å². The first-order valence-electron chi connectivity index (χ1n) is 3.28. The normalized spacial score (nSPS) is 10.7. The smallest absolute Gasteiger partial charge is 0.417 e. The number of carboxylic acids is 1. The minimum Gasteiger partial charge on any atom is -0.476 e. The molecular weight excluding hydrogens is 258 g/mol. The van der Waals surface area contributed by atoms with E-state index < -0.39 is 28.4 Å². The number of pyridine rings is 1. The van der Waals surface area contributed by atoms with Gasteiger partial charge in [-0.05, 0) is 6.07 Å². The summed E-state index contributed by atoms with van der Waals surface area (Å²) in [5.41, 5.74) is -1.67. The second kappa shape index (κ2) is 4.67. The Kier molecular flexibility index (Phi) is 4.36. The van der Waals surface area contributed by atoms with Crippen molar-refractivity contribution in [1.82, 2.24) is 4.98 Å². The minimum absolute atomic E-state index is 0. The molecular formula is C7H4Cl2F3NO2. The number of hydrogen-bond acceptors (Lipinski definition) is 2. The van der Waals surface area contributed by atoms with E-state index in [0.29, 0.717) is 12.3 Å². The highest BCUT2D eigenvalue weighted by molar-refractivity contribution is 6.33. The molecule has 0 aromatic carbocycles. The fourth-order valence-electron chi connectivity index (χ4n) is 0.750. The Balaban J connectivity index is 0.00000196. The molecule has 0 aliphatic carbocycles. The molecule has 3 nitrogen and oxygen atoms in total. The molecule has 0 amide bonds. The Bertz CT molecular complexity index is 381. The summed E-state index contributed by atoms with van der Waals surface area (Å²) >= 11 is 5.29. The van der Waals surface area contributed by atoms with Gasteiger partial charge in [-0.25, -0.2) is 9.78 Å². The van der Waals surface area contributed by atoms with Gasteiger partial charge in [0.25, 0.3) is 0 Å². The molecule has 1 N–H and O–H groups in total. The third-order valence-corrected chi connectivity index (χ3v) is 1.66. The summed E-state index contributed by atoms with van der Waals surface area (Å²) in [6, 6.07) is 0.526. The molecule has 0 fully saturated rings. The van der Waals surface area contributed by atoms with Crippen molar-refractivity contribution in [2.75, 3.05) is 0 Å². The van der Waals surface area contributed by atoms with Gasteiger partial charge >= 0.3 is 12.1 Å². The molecule has 0 saturated carbocycles. The van der Waals surface area contributed by atoms with Crippen LogP contribution in [0.1, 0.15) is 16.1 Å². The fourth-order valence-corrected chi connectivity index (χ4v) is 0.997. The van der Waals surface area contributed by atoms with Crippen molar-refractivity contribution >= 4 is 30.0 Å². The predicted molar refractivity (Wildman–Crippen MR) is 48.5 cm³/mol. The van der Waals surface area contributed by atoms with Gasteiger partial charge in [0.1, 0.15) is 0 Å². The van der Waals surface area contributed by atoms with Crippen molar-refractivity contribution in [2.45, 2.75) is 6.18 Å². The number of rotatable bonds is 1. The van der Waals surface area contributed by atoms with Gasteiger partial charge in [-0.1, -0.05) is 11.6 Å². The van der Waals surface area contributed by atoms with Crippen LogP contribution in [-0.4, -0.2) is 16.1 Å². The maximum Gasteiger partial charge on any atom is 0.417 e. The molecule has 0 unspecified atom stereocenters. The highest BCUT2D eigenvalue weighted by Gasteiger charge is 2.32. The van der Waals surface area contributed by atoms with Crippen LogP contribution in [0.2, 0.25) is 5.02 Å². The minimum atomic E-state index is -4.58. The van der Waals surface area contributed by atoms with Crippen molar-refractivity contribution in [3.63, 3.8) is 0 Å². The number of nitrogens with zero attached hydrogens (tertiary/aromatic N) is 1.